The summed E-state index contributed by atoms with van der Waals surface area (Å²) in [4.78, 5) is 0. The molecule has 1 aromatic carbocycles. The molecule has 0 spiro atoms. The average molecular weight is 238 g/mol. The molecule has 96 valence electrons. The van der Waals surface area contributed by atoms with E-state index in [2.05, 4.69) is 20.8 Å². The number of aliphatic hydroxyl groups is 1. The van der Waals surface area contributed by atoms with Crippen LogP contribution in [0.2, 0.25) is 0 Å². The van der Waals surface area contributed by atoms with Crippen LogP contribution in [0.15, 0.2) is 18.2 Å². The first-order valence-corrected chi connectivity index (χ1v) is 5.77. The monoisotopic (exact) mass is 238 g/mol. The highest BCUT2D eigenvalue weighted by molar-refractivity contribution is 5.41. The molecule has 0 aliphatic carbocycles. The quantitative estimate of drug-likeness (QED) is 0.875. The second kappa shape index (κ2) is 5.41. The van der Waals surface area contributed by atoms with Gasteiger partial charge in [0.05, 0.1) is 20.3 Å². The Morgan fingerprint density at radius 3 is 2.29 bits per heavy atom. The summed E-state index contributed by atoms with van der Waals surface area (Å²) in [6.07, 6.45) is 0.135. The Morgan fingerprint density at radius 1 is 1.18 bits per heavy atom. The molecule has 1 N–H and O–H groups in total. The molecule has 0 saturated heterocycles. The van der Waals surface area contributed by atoms with Crippen LogP contribution in [-0.4, -0.2) is 19.3 Å². The third-order valence-electron chi connectivity index (χ3n) is 2.60. The number of methoxy groups -OCH3 is 2. The zero-order chi connectivity index (χ0) is 13.1. The highest BCUT2D eigenvalue weighted by atomic mass is 16.5. The number of aliphatic hydroxyl groups excluding tert-OH is 1. The molecule has 0 aromatic heterocycles. The van der Waals surface area contributed by atoms with Gasteiger partial charge in [-0.05, 0) is 30.0 Å². The Kier molecular flexibility index (Phi) is 4.40. The van der Waals surface area contributed by atoms with Crippen LogP contribution in [0.4, 0.5) is 0 Å². The Hall–Kier alpha value is -1.22. The van der Waals surface area contributed by atoms with Crippen LogP contribution in [0.25, 0.3) is 0 Å². The summed E-state index contributed by atoms with van der Waals surface area (Å²) in [6.45, 7) is 6.30. The van der Waals surface area contributed by atoms with Gasteiger partial charge in [-0.1, -0.05) is 20.8 Å². The highest BCUT2D eigenvalue weighted by Crippen LogP contribution is 2.35. The van der Waals surface area contributed by atoms with E-state index in [0.717, 1.165) is 11.3 Å². The van der Waals surface area contributed by atoms with E-state index in [1.807, 2.05) is 18.2 Å². The fraction of sp³-hybridized carbons (Fsp3) is 0.571. The summed E-state index contributed by atoms with van der Waals surface area (Å²) in [7, 11) is 3.22. The molecule has 1 aromatic rings. The largest absolute Gasteiger partial charge is 0.497 e. The molecule has 0 saturated carbocycles. The van der Waals surface area contributed by atoms with Gasteiger partial charge in [0.15, 0.2) is 0 Å². The van der Waals surface area contributed by atoms with Crippen molar-refractivity contribution in [2.24, 2.45) is 5.41 Å². The van der Waals surface area contributed by atoms with Crippen LogP contribution in [0.1, 0.15) is 38.9 Å². The molecule has 1 rings (SSSR count). The van der Waals surface area contributed by atoms with Crippen molar-refractivity contribution in [3.63, 3.8) is 0 Å². The van der Waals surface area contributed by atoms with E-state index in [1.165, 1.54) is 0 Å². The predicted molar refractivity (Wildman–Crippen MR) is 68.6 cm³/mol. The number of benzene rings is 1. The van der Waals surface area contributed by atoms with Crippen molar-refractivity contribution >= 4 is 0 Å². The summed E-state index contributed by atoms with van der Waals surface area (Å²) in [5, 5.41) is 10.3. The first kappa shape index (κ1) is 13.8. The van der Waals surface area contributed by atoms with Gasteiger partial charge in [0.1, 0.15) is 11.5 Å². The van der Waals surface area contributed by atoms with Crippen LogP contribution in [0.3, 0.4) is 0 Å². The summed E-state index contributed by atoms with van der Waals surface area (Å²) in [5.41, 5.74) is 0.842. The van der Waals surface area contributed by atoms with E-state index in [0.29, 0.717) is 12.2 Å². The summed E-state index contributed by atoms with van der Waals surface area (Å²) >= 11 is 0. The maximum atomic E-state index is 10.3. The van der Waals surface area contributed by atoms with E-state index in [-0.39, 0.29) is 5.41 Å². The molecule has 0 amide bonds. The van der Waals surface area contributed by atoms with Crippen molar-refractivity contribution in [3.05, 3.63) is 23.8 Å². The van der Waals surface area contributed by atoms with Crippen molar-refractivity contribution in [1.82, 2.24) is 0 Å². The van der Waals surface area contributed by atoms with Gasteiger partial charge in [0.2, 0.25) is 0 Å². The van der Waals surface area contributed by atoms with E-state index < -0.39 is 6.10 Å². The molecule has 0 radical (unpaired) electrons. The van der Waals surface area contributed by atoms with Crippen molar-refractivity contribution in [2.45, 2.75) is 33.3 Å². The predicted octanol–water partition coefficient (Wildman–Crippen LogP) is 3.17. The topological polar surface area (TPSA) is 38.7 Å². The lowest BCUT2D eigenvalue weighted by atomic mass is 9.86. The van der Waals surface area contributed by atoms with E-state index in [1.54, 1.807) is 14.2 Å². The minimum absolute atomic E-state index is 0.0630. The van der Waals surface area contributed by atoms with Gasteiger partial charge >= 0.3 is 0 Å². The Bertz CT molecular complexity index is 366. The smallest absolute Gasteiger partial charge is 0.124 e. The first-order valence-electron chi connectivity index (χ1n) is 5.77. The van der Waals surface area contributed by atoms with Crippen LogP contribution in [-0.2, 0) is 0 Å². The third kappa shape index (κ3) is 3.93. The Balaban J connectivity index is 3.01. The molecule has 0 bridgehead atoms. The van der Waals surface area contributed by atoms with Gasteiger partial charge in [0.25, 0.3) is 0 Å². The number of rotatable bonds is 4. The average Bonchev–Trinajstić information content (AvgIpc) is 2.25. The standard InChI is InChI=1S/C14H22O3/c1-14(2,3)9-12(15)11-8-10(16-4)6-7-13(11)17-5/h6-8,12,15H,9H2,1-5H3. The second-order valence-corrected chi connectivity index (χ2v) is 5.39. The first-order chi connectivity index (χ1) is 7.87. The number of ether oxygens (including phenoxy) is 2. The van der Waals surface area contributed by atoms with Crippen LogP contribution >= 0.6 is 0 Å². The Morgan fingerprint density at radius 2 is 1.82 bits per heavy atom. The second-order valence-electron chi connectivity index (χ2n) is 5.39. The van der Waals surface area contributed by atoms with Crippen LogP contribution in [0.5, 0.6) is 11.5 Å². The SMILES string of the molecule is COc1ccc(OC)c(C(O)CC(C)(C)C)c1. The molecule has 0 heterocycles. The van der Waals surface area contributed by atoms with Gasteiger partial charge in [-0.15, -0.1) is 0 Å². The lowest BCUT2D eigenvalue weighted by molar-refractivity contribution is 0.119. The molecule has 0 aliphatic heterocycles. The summed E-state index contributed by atoms with van der Waals surface area (Å²) < 4.78 is 10.4. The summed E-state index contributed by atoms with van der Waals surface area (Å²) in [5.74, 6) is 1.43. The lowest BCUT2D eigenvalue weighted by Crippen LogP contribution is -2.12. The summed E-state index contributed by atoms with van der Waals surface area (Å²) in [6, 6.07) is 5.47. The molecule has 0 fully saturated rings. The third-order valence-corrected chi connectivity index (χ3v) is 2.60. The molecule has 0 aliphatic rings. The molecule has 3 nitrogen and oxygen atoms in total. The van der Waals surface area contributed by atoms with Crippen molar-refractivity contribution in [2.75, 3.05) is 14.2 Å². The molecule has 1 unspecified atom stereocenters. The van der Waals surface area contributed by atoms with Gasteiger partial charge in [-0.3, -0.25) is 0 Å². The molecule has 17 heavy (non-hydrogen) atoms. The molecule has 1 atom stereocenters. The lowest BCUT2D eigenvalue weighted by Gasteiger charge is -2.24. The fourth-order valence-electron chi connectivity index (χ4n) is 1.79. The van der Waals surface area contributed by atoms with Crippen LogP contribution < -0.4 is 9.47 Å². The Labute approximate surface area is 103 Å². The maximum absolute atomic E-state index is 10.3. The van der Waals surface area contributed by atoms with E-state index in [9.17, 15) is 5.11 Å². The maximum Gasteiger partial charge on any atom is 0.124 e. The zero-order valence-electron chi connectivity index (χ0n) is 11.3. The van der Waals surface area contributed by atoms with Gasteiger partial charge < -0.3 is 14.6 Å². The fourth-order valence-corrected chi connectivity index (χ4v) is 1.79. The van der Waals surface area contributed by atoms with Gasteiger partial charge in [0, 0.05) is 5.56 Å². The number of hydrogen-bond donors (Lipinski definition) is 1. The minimum Gasteiger partial charge on any atom is -0.497 e. The van der Waals surface area contributed by atoms with Crippen molar-refractivity contribution in [1.29, 1.82) is 0 Å². The van der Waals surface area contributed by atoms with Gasteiger partial charge in [-0.25, -0.2) is 0 Å². The minimum atomic E-state index is -0.542. The van der Waals surface area contributed by atoms with Crippen molar-refractivity contribution < 1.29 is 14.6 Å². The highest BCUT2D eigenvalue weighted by Gasteiger charge is 2.21. The van der Waals surface area contributed by atoms with Crippen LogP contribution in [0, 0.1) is 5.41 Å². The van der Waals surface area contributed by atoms with Gasteiger partial charge in [-0.2, -0.15) is 0 Å². The number of hydrogen-bond acceptors (Lipinski definition) is 3. The normalized spacial score (nSPS) is 13.3. The zero-order valence-corrected chi connectivity index (χ0v) is 11.3. The molecular weight excluding hydrogens is 216 g/mol. The van der Waals surface area contributed by atoms with E-state index in [4.69, 9.17) is 9.47 Å². The van der Waals surface area contributed by atoms with Crippen molar-refractivity contribution in [3.8, 4) is 11.5 Å². The molecule has 3 heteroatoms. The molecular formula is C14H22O3. The van der Waals surface area contributed by atoms with E-state index >= 15 is 0 Å².